The number of nitrogens with zero attached hydrogens (tertiary/aromatic N) is 2. The summed E-state index contributed by atoms with van der Waals surface area (Å²) in [5.41, 5.74) is 7.29. The highest BCUT2D eigenvalue weighted by molar-refractivity contribution is 5.90. The Labute approximate surface area is 131 Å². The van der Waals surface area contributed by atoms with Crippen molar-refractivity contribution in [2.75, 3.05) is 11.4 Å². The van der Waals surface area contributed by atoms with Crippen molar-refractivity contribution in [2.45, 2.75) is 31.2 Å². The first-order chi connectivity index (χ1) is 10.6. The minimum Gasteiger partial charge on any atom is -0.368 e. The van der Waals surface area contributed by atoms with Gasteiger partial charge in [-0.2, -0.15) is 0 Å². The molecule has 2 N–H and O–H groups in total. The van der Waals surface area contributed by atoms with Crippen molar-refractivity contribution >= 4 is 11.6 Å². The maximum Gasteiger partial charge on any atom is 0.243 e. The second kappa shape index (κ2) is 5.79. The molecule has 2 heterocycles. The molecule has 0 aliphatic carbocycles. The molecule has 22 heavy (non-hydrogen) atoms. The monoisotopic (exact) mass is 295 g/mol. The highest BCUT2D eigenvalue weighted by Crippen LogP contribution is 2.42. The van der Waals surface area contributed by atoms with Gasteiger partial charge in [0.1, 0.15) is 5.54 Å². The number of hydrogen-bond donors (Lipinski definition) is 1. The summed E-state index contributed by atoms with van der Waals surface area (Å²) in [4.78, 5) is 18.6. The van der Waals surface area contributed by atoms with Crippen LogP contribution in [0.2, 0.25) is 0 Å². The van der Waals surface area contributed by atoms with Gasteiger partial charge in [-0.15, -0.1) is 0 Å². The van der Waals surface area contributed by atoms with Crippen LogP contribution in [0.15, 0.2) is 54.9 Å². The van der Waals surface area contributed by atoms with Gasteiger partial charge in [0.25, 0.3) is 0 Å². The van der Waals surface area contributed by atoms with Crippen LogP contribution in [0.25, 0.3) is 0 Å². The van der Waals surface area contributed by atoms with Gasteiger partial charge in [-0.3, -0.25) is 9.78 Å². The predicted octanol–water partition coefficient (Wildman–Crippen LogP) is 2.71. The molecular weight excluding hydrogens is 274 g/mol. The number of hydrogen-bond acceptors (Lipinski definition) is 3. The average Bonchev–Trinajstić information content (AvgIpc) is 2.56. The zero-order valence-electron chi connectivity index (χ0n) is 12.8. The van der Waals surface area contributed by atoms with Crippen molar-refractivity contribution in [3.05, 3.63) is 60.4 Å². The van der Waals surface area contributed by atoms with Crippen molar-refractivity contribution in [1.82, 2.24) is 4.98 Å². The highest BCUT2D eigenvalue weighted by atomic mass is 16.1. The van der Waals surface area contributed by atoms with Crippen LogP contribution in [-0.2, 0) is 4.79 Å². The van der Waals surface area contributed by atoms with E-state index in [1.54, 1.807) is 12.4 Å². The Morgan fingerprint density at radius 2 is 1.91 bits per heavy atom. The normalized spacial score (nSPS) is 25.0. The molecule has 1 fully saturated rings. The van der Waals surface area contributed by atoms with E-state index in [0.29, 0.717) is 0 Å². The summed E-state index contributed by atoms with van der Waals surface area (Å²) in [5, 5.41) is 0. The quantitative estimate of drug-likeness (QED) is 0.947. The largest absolute Gasteiger partial charge is 0.368 e. The Hall–Kier alpha value is -2.36. The number of rotatable bonds is 3. The van der Waals surface area contributed by atoms with Crippen LogP contribution in [0.3, 0.4) is 0 Å². The molecule has 2 aromatic rings. The van der Waals surface area contributed by atoms with E-state index >= 15 is 0 Å². The molecule has 4 heteroatoms. The van der Waals surface area contributed by atoms with Crippen LogP contribution in [0, 0.1) is 0 Å². The minimum atomic E-state index is -0.735. The van der Waals surface area contributed by atoms with Crippen LogP contribution in [0.1, 0.15) is 31.2 Å². The van der Waals surface area contributed by atoms with Crippen LogP contribution < -0.4 is 10.6 Å². The van der Waals surface area contributed by atoms with Gasteiger partial charge < -0.3 is 10.6 Å². The number of aromatic nitrogens is 1. The number of carbonyl (C=O) groups excluding carboxylic acids is 1. The van der Waals surface area contributed by atoms with Crippen LogP contribution in [0.4, 0.5) is 5.69 Å². The lowest BCUT2D eigenvalue weighted by Gasteiger charge is -2.49. The Morgan fingerprint density at radius 3 is 2.55 bits per heavy atom. The highest BCUT2D eigenvalue weighted by Gasteiger charge is 2.47. The van der Waals surface area contributed by atoms with E-state index in [2.05, 4.69) is 22.0 Å². The molecule has 1 aromatic heterocycles. The van der Waals surface area contributed by atoms with Crippen LogP contribution in [-0.4, -0.2) is 23.0 Å². The second-order valence-corrected chi connectivity index (χ2v) is 5.97. The van der Waals surface area contributed by atoms with Crippen molar-refractivity contribution < 1.29 is 4.79 Å². The Kier molecular flexibility index (Phi) is 3.84. The molecule has 3 rings (SSSR count). The van der Waals surface area contributed by atoms with Gasteiger partial charge >= 0.3 is 0 Å². The summed E-state index contributed by atoms with van der Waals surface area (Å²) in [6.45, 7) is 2.79. The first-order valence-corrected chi connectivity index (χ1v) is 7.66. The van der Waals surface area contributed by atoms with E-state index in [0.717, 1.165) is 25.1 Å². The molecule has 2 atom stereocenters. The number of pyridine rings is 1. The fourth-order valence-corrected chi connectivity index (χ4v) is 3.56. The molecule has 114 valence electrons. The Balaban J connectivity index is 2.06. The maximum atomic E-state index is 12.4. The predicted molar refractivity (Wildman–Crippen MR) is 87.6 cm³/mol. The smallest absolute Gasteiger partial charge is 0.243 e. The van der Waals surface area contributed by atoms with Gasteiger partial charge in [0.05, 0.1) is 0 Å². The number of anilines is 1. The first kappa shape index (κ1) is 14.6. The molecule has 1 aromatic carbocycles. The van der Waals surface area contributed by atoms with Crippen molar-refractivity contribution in [2.24, 2.45) is 5.73 Å². The first-order valence-electron chi connectivity index (χ1n) is 7.66. The SMILES string of the molecule is CC1(C(N)=O)C(c2ccccc2)CCCN1c1ccncc1. The average molecular weight is 295 g/mol. The molecule has 0 saturated carbocycles. The number of carbonyl (C=O) groups is 1. The van der Waals surface area contributed by atoms with Crippen molar-refractivity contribution in [1.29, 1.82) is 0 Å². The summed E-state index contributed by atoms with van der Waals surface area (Å²) in [5.74, 6) is -0.189. The summed E-state index contributed by atoms with van der Waals surface area (Å²) in [7, 11) is 0. The number of amides is 1. The molecule has 4 nitrogen and oxygen atoms in total. The number of primary amides is 1. The second-order valence-electron chi connectivity index (χ2n) is 5.97. The molecule has 1 amide bonds. The maximum absolute atomic E-state index is 12.4. The summed E-state index contributed by atoms with van der Waals surface area (Å²) in [6.07, 6.45) is 5.50. The van der Waals surface area contributed by atoms with Crippen molar-refractivity contribution in [3.8, 4) is 0 Å². The van der Waals surface area contributed by atoms with Gasteiger partial charge in [-0.25, -0.2) is 0 Å². The molecule has 2 unspecified atom stereocenters. The van der Waals surface area contributed by atoms with E-state index in [9.17, 15) is 4.79 Å². The molecule has 1 aliphatic heterocycles. The van der Waals surface area contributed by atoms with Gasteiger partial charge in [-0.1, -0.05) is 30.3 Å². The van der Waals surface area contributed by atoms with Gasteiger partial charge in [-0.05, 0) is 37.5 Å². The summed E-state index contributed by atoms with van der Waals surface area (Å²) in [6, 6.07) is 14.1. The molecule has 0 radical (unpaired) electrons. The third-order valence-corrected chi connectivity index (χ3v) is 4.79. The number of benzene rings is 1. The molecule has 0 spiro atoms. The minimum absolute atomic E-state index is 0.0908. The molecule has 1 saturated heterocycles. The topological polar surface area (TPSA) is 59.2 Å². The van der Waals surface area contributed by atoms with E-state index in [1.807, 2.05) is 37.3 Å². The summed E-state index contributed by atoms with van der Waals surface area (Å²) < 4.78 is 0. The van der Waals surface area contributed by atoms with E-state index in [1.165, 1.54) is 5.56 Å². The molecular formula is C18H21N3O. The number of piperidine rings is 1. The van der Waals surface area contributed by atoms with Gasteiger partial charge in [0, 0.05) is 30.5 Å². The lowest BCUT2D eigenvalue weighted by Crippen LogP contribution is -2.62. The van der Waals surface area contributed by atoms with E-state index < -0.39 is 5.54 Å². The van der Waals surface area contributed by atoms with Crippen molar-refractivity contribution in [3.63, 3.8) is 0 Å². The molecule has 0 bridgehead atoms. The fourth-order valence-electron chi connectivity index (χ4n) is 3.56. The van der Waals surface area contributed by atoms with E-state index in [-0.39, 0.29) is 11.8 Å². The Bertz CT molecular complexity index is 594. The van der Waals surface area contributed by atoms with E-state index in [4.69, 9.17) is 5.73 Å². The lowest BCUT2D eigenvalue weighted by molar-refractivity contribution is -0.124. The Morgan fingerprint density at radius 1 is 1.23 bits per heavy atom. The lowest BCUT2D eigenvalue weighted by atomic mass is 9.73. The number of nitrogens with two attached hydrogens (primary N) is 1. The molecule has 1 aliphatic rings. The summed E-state index contributed by atoms with van der Waals surface area (Å²) >= 11 is 0. The van der Waals surface area contributed by atoms with Crippen LogP contribution >= 0.6 is 0 Å². The van der Waals surface area contributed by atoms with Gasteiger partial charge in [0.2, 0.25) is 5.91 Å². The standard InChI is InChI=1S/C18H21N3O/c1-18(17(19)22)16(14-6-3-2-4-7-14)8-5-13-21(18)15-9-11-20-12-10-15/h2-4,6-7,9-12,16H,5,8,13H2,1H3,(H2,19,22). The van der Waals surface area contributed by atoms with Crippen LogP contribution in [0.5, 0.6) is 0 Å². The third kappa shape index (κ3) is 2.34. The zero-order chi connectivity index (χ0) is 15.6. The zero-order valence-corrected chi connectivity index (χ0v) is 12.8. The fraction of sp³-hybridized carbons (Fsp3) is 0.333. The van der Waals surface area contributed by atoms with Gasteiger partial charge in [0.15, 0.2) is 0 Å². The third-order valence-electron chi connectivity index (χ3n) is 4.79.